The second-order valence-corrected chi connectivity index (χ2v) is 5.37. The molecule has 0 saturated heterocycles. The number of nitrogens with one attached hydrogen (secondary N) is 1. The largest absolute Gasteiger partial charge is 0.347 e. The van der Waals surface area contributed by atoms with Crippen LogP contribution in [0.3, 0.4) is 0 Å². The Balaban J connectivity index is 0.00000324. The van der Waals surface area contributed by atoms with Gasteiger partial charge in [0.25, 0.3) is 0 Å². The second-order valence-electron chi connectivity index (χ2n) is 5.37. The van der Waals surface area contributed by atoms with Crippen molar-refractivity contribution in [3.05, 3.63) is 35.9 Å². The first kappa shape index (κ1) is 14.7. The van der Waals surface area contributed by atoms with Gasteiger partial charge in [-0.2, -0.15) is 0 Å². The zero-order valence-electron chi connectivity index (χ0n) is 12.0. The molecule has 0 aliphatic heterocycles. The maximum absolute atomic E-state index is 12.2. The number of hydrogen-bond acceptors (Lipinski definition) is 1. The van der Waals surface area contributed by atoms with Gasteiger partial charge in [0.15, 0.2) is 0 Å². The van der Waals surface area contributed by atoms with Gasteiger partial charge in [-0.05, 0) is 32.3 Å². The van der Waals surface area contributed by atoms with E-state index in [0.717, 1.165) is 24.8 Å². The van der Waals surface area contributed by atoms with E-state index in [9.17, 15) is 4.79 Å². The Morgan fingerprint density at radius 2 is 1.89 bits per heavy atom. The predicted molar refractivity (Wildman–Crippen MR) is 78.4 cm³/mol. The maximum Gasteiger partial charge on any atom is 0.223 e. The van der Waals surface area contributed by atoms with E-state index < -0.39 is 0 Å². The van der Waals surface area contributed by atoms with E-state index in [1.807, 2.05) is 18.2 Å². The molecule has 1 rings (SSSR count). The fourth-order valence-electron chi connectivity index (χ4n) is 2.21. The summed E-state index contributed by atoms with van der Waals surface area (Å²) in [7, 11) is 0. The molecule has 0 radical (unpaired) electrons. The summed E-state index contributed by atoms with van der Waals surface area (Å²) in [6, 6.07) is 10.1. The average molecular weight is 249 g/mol. The van der Waals surface area contributed by atoms with Gasteiger partial charge < -0.3 is 5.32 Å². The lowest BCUT2D eigenvalue weighted by Crippen LogP contribution is -2.43. The SMILES string of the molecule is CCCC(CC)C(=O)NC(C)(C)c1ccccc1.[HH]. The fraction of sp³-hybridized carbons (Fsp3) is 0.562. The van der Waals surface area contributed by atoms with Gasteiger partial charge in [-0.25, -0.2) is 0 Å². The molecule has 2 heteroatoms. The van der Waals surface area contributed by atoms with E-state index >= 15 is 0 Å². The third kappa shape index (κ3) is 3.86. The first-order valence-corrected chi connectivity index (χ1v) is 6.88. The lowest BCUT2D eigenvalue weighted by molar-refractivity contribution is -0.127. The normalized spacial score (nSPS) is 13.1. The number of amides is 1. The van der Waals surface area contributed by atoms with Gasteiger partial charge in [-0.1, -0.05) is 50.6 Å². The summed E-state index contributed by atoms with van der Waals surface area (Å²) in [6.07, 6.45) is 2.93. The molecule has 0 heterocycles. The molecule has 1 aromatic carbocycles. The Hall–Kier alpha value is -1.31. The molecule has 0 aliphatic carbocycles. The molecule has 0 spiro atoms. The van der Waals surface area contributed by atoms with Crippen molar-refractivity contribution in [2.24, 2.45) is 5.92 Å². The average Bonchev–Trinajstić information content (AvgIpc) is 2.36. The summed E-state index contributed by atoms with van der Waals surface area (Å²) in [6.45, 7) is 8.31. The zero-order chi connectivity index (χ0) is 13.6. The Morgan fingerprint density at radius 1 is 1.28 bits per heavy atom. The molecular formula is C16H27NO. The standard InChI is InChI=1S/C16H25NO.H2/c1-5-10-13(6-2)15(18)17-16(3,4)14-11-8-7-9-12-14;/h7-9,11-13H,5-6,10H2,1-4H3,(H,17,18);1H. The Morgan fingerprint density at radius 3 is 2.39 bits per heavy atom. The second kappa shape index (κ2) is 6.58. The summed E-state index contributed by atoms with van der Waals surface area (Å²) in [5.74, 6) is 0.311. The number of carbonyl (C=O) groups is 1. The van der Waals surface area contributed by atoms with Gasteiger partial charge in [-0.15, -0.1) is 0 Å². The van der Waals surface area contributed by atoms with E-state index in [1.54, 1.807) is 0 Å². The number of benzene rings is 1. The summed E-state index contributed by atoms with van der Waals surface area (Å²) >= 11 is 0. The van der Waals surface area contributed by atoms with Gasteiger partial charge in [0.1, 0.15) is 0 Å². The van der Waals surface area contributed by atoms with Gasteiger partial charge in [0.2, 0.25) is 5.91 Å². The van der Waals surface area contributed by atoms with Crippen molar-refractivity contribution in [3.8, 4) is 0 Å². The van der Waals surface area contributed by atoms with Crippen LogP contribution in [0.4, 0.5) is 0 Å². The van der Waals surface area contributed by atoms with Gasteiger partial charge >= 0.3 is 0 Å². The van der Waals surface area contributed by atoms with Crippen LogP contribution in [0.15, 0.2) is 30.3 Å². The van der Waals surface area contributed by atoms with E-state index in [4.69, 9.17) is 0 Å². The maximum atomic E-state index is 12.2. The molecule has 2 nitrogen and oxygen atoms in total. The zero-order valence-corrected chi connectivity index (χ0v) is 12.0. The summed E-state index contributed by atoms with van der Waals surface area (Å²) in [4.78, 5) is 12.2. The molecule has 1 unspecified atom stereocenters. The first-order valence-electron chi connectivity index (χ1n) is 6.88. The molecule has 0 aliphatic rings. The van der Waals surface area contributed by atoms with Crippen LogP contribution in [0.5, 0.6) is 0 Å². The molecule has 0 aromatic heterocycles. The fourth-order valence-corrected chi connectivity index (χ4v) is 2.21. The van der Waals surface area contributed by atoms with Crippen LogP contribution in [0.1, 0.15) is 53.9 Å². The molecule has 1 N–H and O–H groups in total. The number of hydrogen-bond donors (Lipinski definition) is 1. The topological polar surface area (TPSA) is 29.1 Å². The van der Waals surface area contributed by atoms with Crippen LogP contribution in [0.2, 0.25) is 0 Å². The monoisotopic (exact) mass is 249 g/mol. The highest BCUT2D eigenvalue weighted by Gasteiger charge is 2.25. The lowest BCUT2D eigenvalue weighted by Gasteiger charge is -2.29. The van der Waals surface area contributed by atoms with Crippen LogP contribution in [0.25, 0.3) is 0 Å². The van der Waals surface area contributed by atoms with Crippen LogP contribution in [-0.2, 0) is 10.3 Å². The first-order chi connectivity index (χ1) is 8.51. The van der Waals surface area contributed by atoms with Gasteiger partial charge in [0, 0.05) is 7.34 Å². The van der Waals surface area contributed by atoms with Crippen molar-refractivity contribution in [1.29, 1.82) is 0 Å². The van der Waals surface area contributed by atoms with E-state index in [-0.39, 0.29) is 18.8 Å². The Labute approximate surface area is 112 Å². The molecule has 18 heavy (non-hydrogen) atoms. The highest BCUT2D eigenvalue weighted by molar-refractivity contribution is 5.79. The molecule has 1 atom stereocenters. The van der Waals surface area contributed by atoms with Crippen molar-refractivity contribution >= 4 is 5.91 Å². The lowest BCUT2D eigenvalue weighted by atomic mass is 9.92. The summed E-state index contributed by atoms with van der Waals surface area (Å²) in [5, 5.41) is 3.17. The highest BCUT2D eigenvalue weighted by Crippen LogP contribution is 2.21. The Kier molecular flexibility index (Phi) is 5.39. The molecule has 1 aromatic rings. The number of rotatable bonds is 6. The van der Waals surface area contributed by atoms with Crippen LogP contribution in [0, 0.1) is 5.92 Å². The van der Waals surface area contributed by atoms with Crippen LogP contribution >= 0.6 is 0 Å². The van der Waals surface area contributed by atoms with E-state index in [0.29, 0.717) is 0 Å². The smallest absolute Gasteiger partial charge is 0.223 e. The minimum atomic E-state index is -0.306. The van der Waals surface area contributed by atoms with Gasteiger partial charge in [0.05, 0.1) is 5.54 Å². The molecule has 0 saturated carbocycles. The van der Waals surface area contributed by atoms with Crippen molar-refractivity contribution in [3.63, 3.8) is 0 Å². The van der Waals surface area contributed by atoms with Gasteiger partial charge in [-0.3, -0.25) is 4.79 Å². The predicted octanol–water partition coefficient (Wildman–Crippen LogP) is 4.11. The van der Waals surface area contributed by atoms with E-state index in [2.05, 4.69) is 45.1 Å². The van der Waals surface area contributed by atoms with E-state index in [1.165, 1.54) is 0 Å². The van der Waals surface area contributed by atoms with Crippen molar-refractivity contribution < 1.29 is 6.22 Å². The highest BCUT2D eigenvalue weighted by atomic mass is 16.2. The third-order valence-electron chi connectivity index (χ3n) is 3.43. The van der Waals surface area contributed by atoms with Crippen molar-refractivity contribution in [2.75, 3.05) is 0 Å². The quantitative estimate of drug-likeness (QED) is 0.807. The third-order valence-corrected chi connectivity index (χ3v) is 3.43. The van der Waals surface area contributed by atoms with Crippen LogP contribution < -0.4 is 5.32 Å². The van der Waals surface area contributed by atoms with Crippen LogP contribution in [-0.4, -0.2) is 5.91 Å². The Bertz CT molecular complexity index is 376. The number of carbonyl (C=O) groups excluding carboxylic acids is 1. The molecule has 0 fully saturated rings. The summed E-state index contributed by atoms with van der Waals surface area (Å²) < 4.78 is 0. The molecule has 102 valence electrons. The summed E-state index contributed by atoms with van der Waals surface area (Å²) in [5.41, 5.74) is 0.837. The molecule has 1 amide bonds. The molecule has 0 bridgehead atoms. The van der Waals surface area contributed by atoms with Crippen molar-refractivity contribution in [1.82, 2.24) is 5.32 Å². The minimum Gasteiger partial charge on any atom is -0.347 e. The van der Waals surface area contributed by atoms with Crippen molar-refractivity contribution in [2.45, 2.75) is 52.5 Å². The minimum absolute atomic E-state index is 0. The molecular weight excluding hydrogens is 222 g/mol.